The number of β-amino-alcohol motifs (C(OH)–C–C–N with tert-alkyl or cyclic N) is 1. The molecule has 1 aliphatic rings. The van der Waals surface area contributed by atoms with Gasteiger partial charge < -0.3 is 10.0 Å². The Balaban J connectivity index is 1.88. The lowest BCUT2D eigenvalue weighted by Gasteiger charge is -2.16. The molecule has 3 rings (SSSR count). The zero-order valence-electron chi connectivity index (χ0n) is 13.7. The number of aliphatic hydroxyl groups excluding tert-OH is 1. The van der Waals surface area contributed by atoms with Gasteiger partial charge in [0.25, 0.3) is 5.91 Å². The van der Waals surface area contributed by atoms with Gasteiger partial charge in [-0.1, -0.05) is 50.2 Å². The Morgan fingerprint density at radius 1 is 1.13 bits per heavy atom. The van der Waals surface area contributed by atoms with Crippen LogP contribution in [0.15, 0.2) is 48.5 Å². The predicted octanol–water partition coefficient (Wildman–Crippen LogP) is 3.68. The molecule has 0 aromatic heterocycles. The third-order valence-corrected chi connectivity index (χ3v) is 4.45. The van der Waals surface area contributed by atoms with Gasteiger partial charge in [0.15, 0.2) is 0 Å². The van der Waals surface area contributed by atoms with Gasteiger partial charge in [-0.2, -0.15) is 0 Å². The highest BCUT2D eigenvalue weighted by Gasteiger charge is 2.25. The lowest BCUT2D eigenvalue weighted by Crippen LogP contribution is -2.29. The first kappa shape index (κ1) is 15.8. The third-order valence-electron chi connectivity index (χ3n) is 4.45. The van der Waals surface area contributed by atoms with E-state index in [0.29, 0.717) is 31.0 Å². The second-order valence-corrected chi connectivity index (χ2v) is 6.55. The van der Waals surface area contributed by atoms with E-state index in [1.807, 2.05) is 24.3 Å². The molecule has 0 saturated carbocycles. The molecule has 2 aromatic carbocycles. The van der Waals surface area contributed by atoms with E-state index < -0.39 is 0 Å². The van der Waals surface area contributed by atoms with Crippen molar-refractivity contribution in [3.63, 3.8) is 0 Å². The monoisotopic (exact) mass is 309 g/mol. The van der Waals surface area contributed by atoms with Crippen LogP contribution < -0.4 is 0 Å². The van der Waals surface area contributed by atoms with Gasteiger partial charge in [-0.15, -0.1) is 0 Å². The van der Waals surface area contributed by atoms with Crippen molar-refractivity contribution in [3.05, 3.63) is 59.7 Å². The van der Waals surface area contributed by atoms with E-state index in [-0.39, 0.29) is 12.0 Å². The van der Waals surface area contributed by atoms with Crippen LogP contribution in [0.3, 0.4) is 0 Å². The highest BCUT2D eigenvalue weighted by Crippen LogP contribution is 2.25. The summed E-state index contributed by atoms with van der Waals surface area (Å²) in [6, 6.07) is 16.2. The summed E-state index contributed by atoms with van der Waals surface area (Å²) in [4.78, 5) is 14.3. The van der Waals surface area contributed by atoms with Crippen LogP contribution in [0.5, 0.6) is 0 Å². The van der Waals surface area contributed by atoms with Gasteiger partial charge in [-0.3, -0.25) is 4.79 Å². The first-order chi connectivity index (χ1) is 11.0. The van der Waals surface area contributed by atoms with Crippen LogP contribution in [0.2, 0.25) is 0 Å². The molecule has 3 nitrogen and oxygen atoms in total. The molecule has 0 unspecified atom stereocenters. The summed E-state index contributed by atoms with van der Waals surface area (Å²) in [7, 11) is 0. The quantitative estimate of drug-likeness (QED) is 0.939. The molecule has 3 heteroatoms. The van der Waals surface area contributed by atoms with Crippen molar-refractivity contribution in [1.82, 2.24) is 4.90 Å². The van der Waals surface area contributed by atoms with Gasteiger partial charge >= 0.3 is 0 Å². The maximum atomic E-state index is 12.6. The molecule has 2 aromatic rings. The highest BCUT2D eigenvalue weighted by molar-refractivity contribution is 5.95. The summed E-state index contributed by atoms with van der Waals surface area (Å²) in [5.41, 5.74) is 4.17. The fourth-order valence-corrected chi connectivity index (χ4v) is 3.02. The lowest BCUT2D eigenvalue weighted by atomic mass is 9.96. The first-order valence-electron chi connectivity index (χ1n) is 8.22. The zero-order valence-corrected chi connectivity index (χ0v) is 13.7. The Morgan fingerprint density at radius 2 is 1.83 bits per heavy atom. The van der Waals surface area contributed by atoms with Crippen molar-refractivity contribution in [2.75, 3.05) is 13.1 Å². The standard InChI is InChI=1S/C20H23NO2/c1-14(2)15-5-3-6-16(11-15)17-7-4-8-18(12-17)20(23)21-10-9-19(22)13-21/h3-8,11-12,14,19,22H,9-10,13H2,1-2H3/t19-/m0/s1. The molecule has 1 atom stereocenters. The molecular weight excluding hydrogens is 286 g/mol. The maximum absolute atomic E-state index is 12.6. The predicted molar refractivity (Wildman–Crippen MR) is 92.5 cm³/mol. The van der Waals surface area contributed by atoms with Crippen molar-refractivity contribution < 1.29 is 9.90 Å². The van der Waals surface area contributed by atoms with E-state index >= 15 is 0 Å². The van der Waals surface area contributed by atoms with Gasteiger partial charge in [-0.05, 0) is 41.2 Å². The largest absolute Gasteiger partial charge is 0.391 e. The second kappa shape index (κ2) is 6.55. The normalized spacial score (nSPS) is 17.7. The number of aliphatic hydroxyl groups is 1. The number of benzene rings is 2. The Morgan fingerprint density at radius 3 is 2.48 bits per heavy atom. The third kappa shape index (κ3) is 3.45. The zero-order chi connectivity index (χ0) is 16.4. The van der Waals surface area contributed by atoms with Crippen LogP contribution in [0, 0.1) is 0 Å². The Labute approximate surface area is 137 Å². The smallest absolute Gasteiger partial charge is 0.253 e. The van der Waals surface area contributed by atoms with Gasteiger partial charge in [-0.25, -0.2) is 0 Å². The topological polar surface area (TPSA) is 40.5 Å². The Hall–Kier alpha value is -2.13. The minimum absolute atomic E-state index is 0.00316. The molecule has 1 heterocycles. The second-order valence-electron chi connectivity index (χ2n) is 6.55. The first-order valence-corrected chi connectivity index (χ1v) is 8.22. The summed E-state index contributed by atoms with van der Waals surface area (Å²) >= 11 is 0. The SMILES string of the molecule is CC(C)c1cccc(-c2cccc(C(=O)N3CC[C@H](O)C3)c2)c1. The molecule has 1 saturated heterocycles. The lowest BCUT2D eigenvalue weighted by molar-refractivity contribution is 0.0765. The van der Waals surface area contributed by atoms with Crippen molar-refractivity contribution in [1.29, 1.82) is 0 Å². The van der Waals surface area contributed by atoms with Gasteiger partial charge in [0.1, 0.15) is 0 Å². The fraction of sp³-hybridized carbons (Fsp3) is 0.350. The highest BCUT2D eigenvalue weighted by atomic mass is 16.3. The van der Waals surface area contributed by atoms with Crippen LogP contribution in [-0.4, -0.2) is 35.1 Å². The number of hydrogen-bond acceptors (Lipinski definition) is 2. The number of carbonyl (C=O) groups is 1. The molecular formula is C20H23NO2. The minimum atomic E-state index is -0.384. The number of likely N-dealkylation sites (tertiary alicyclic amines) is 1. The van der Waals surface area contributed by atoms with E-state index in [0.717, 1.165) is 11.1 Å². The van der Waals surface area contributed by atoms with Gasteiger partial charge in [0.05, 0.1) is 6.10 Å². The molecule has 1 fully saturated rings. The van der Waals surface area contributed by atoms with E-state index in [4.69, 9.17) is 0 Å². The molecule has 0 radical (unpaired) electrons. The summed E-state index contributed by atoms with van der Waals surface area (Å²) in [5, 5.41) is 9.62. The maximum Gasteiger partial charge on any atom is 0.253 e. The molecule has 0 aliphatic carbocycles. The van der Waals surface area contributed by atoms with Crippen LogP contribution in [0.4, 0.5) is 0 Å². The molecule has 120 valence electrons. The Bertz CT molecular complexity index is 708. The number of nitrogens with zero attached hydrogens (tertiary/aromatic N) is 1. The van der Waals surface area contributed by atoms with Crippen LogP contribution >= 0.6 is 0 Å². The van der Waals surface area contributed by atoms with Crippen molar-refractivity contribution in [2.24, 2.45) is 0 Å². The average molecular weight is 309 g/mol. The van der Waals surface area contributed by atoms with E-state index in [2.05, 4.69) is 38.1 Å². The minimum Gasteiger partial charge on any atom is -0.391 e. The van der Waals surface area contributed by atoms with Gasteiger partial charge in [0, 0.05) is 18.7 Å². The number of carbonyl (C=O) groups excluding carboxylic acids is 1. The number of hydrogen-bond donors (Lipinski definition) is 1. The van der Waals surface area contributed by atoms with Crippen LogP contribution in [0.25, 0.3) is 11.1 Å². The Kier molecular flexibility index (Phi) is 4.49. The van der Waals surface area contributed by atoms with E-state index in [1.165, 1.54) is 5.56 Å². The molecule has 1 N–H and O–H groups in total. The average Bonchev–Trinajstić information content (AvgIpc) is 3.01. The fourth-order valence-electron chi connectivity index (χ4n) is 3.02. The van der Waals surface area contributed by atoms with Crippen molar-refractivity contribution in [2.45, 2.75) is 32.3 Å². The molecule has 1 amide bonds. The van der Waals surface area contributed by atoms with E-state index in [9.17, 15) is 9.90 Å². The molecule has 23 heavy (non-hydrogen) atoms. The molecule has 1 aliphatic heterocycles. The number of rotatable bonds is 3. The van der Waals surface area contributed by atoms with Crippen molar-refractivity contribution >= 4 is 5.91 Å². The molecule has 0 spiro atoms. The summed E-state index contributed by atoms with van der Waals surface area (Å²) < 4.78 is 0. The summed E-state index contributed by atoms with van der Waals surface area (Å²) in [5.74, 6) is 0.481. The van der Waals surface area contributed by atoms with Crippen LogP contribution in [0.1, 0.15) is 42.1 Å². The van der Waals surface area contributed by atoms with E-state index in [1.54, 1.807) is 4.90 Å². The molecule has 0 bridgehead atoms. The van der Waals surface area contributed by atoms with Crippen molar-refractivity contribution in [3.8, 4) is 11.1 Å². The van der Waals surface area contributed by atoms with Crippen LogP contribution in [-0.2, 0) is 0 Å². The van der Waals surface area contributed by atoms with Gasteiger partial charge in [0.2, 0.25) is 0 Å². The number of amides is 1. The summed E-state index contributed by atoms with van der Waals surface area (Å²) in [6.45, 7) is 5.43. The summed E-state index contributed by atoms with van der Waals surface area (Å²) in [6.07, 6.45) is 0.284.